The van der Waals surface area contributed by atoms with Gasteiger partial charge in [-0.15, -0.1) is 11.6 Å². The molecule has 0 unspecified atom stereocenters. The Morgan fingerprint density at radius 3 is 2.43 bits per heavy atom. The number of halogens is 1. The van der Waals surface area contributed by atoms with Crippen LogP contribution in [0.15, 0.2) is 0 Å². The second-order valence-corrected chi connectivity index (χ2v) is 3.01. The molecule has 0 bridgehead atoms. The third-order valence-corrected chi connectivity index (χ3v) is 2.28. The molecule has 42 valence electrons. The molecular weight excluding hydrogens is 112 g/mol. The third kappa shape index (κ3) is 0.752. The van der Waals surface area contributed by atoms with Crippen LogP contribution in [-0.2, 0) is 0 Å². The second kappa shape index (κ2) is 1.36. The van der Waals surface area contributed by atoms with Gasteiger partial charge in [-0.2, -0.15) is 0 Å². The normalized spacial score (nSPS) is 49.3. The van der Waals surface area contributed by atoms with Crippen LogP contribution in [0.4, 0.5) is 0 Å². The zero-order chi connectivity index (χ0) is 5.49. The second-order valence-electron chi connectivity index (χ2n) is 2.48. The molecule has 2 atom stereocenters. The fraction of sp³-hybridized carbons (Fsp3) is 1.00. The van der Waals surface area contributed by atoms with Crippen molar-refractivity contribution in [3.05, 3.63) is 0 Å². The lowest BCUT2D eigenvalue weighted by atomic mass is 10.2. The predicted molar refractivity (Wildman–Crippen MR) is 29.5 cm³/mol. The lowest BCUT2D eigenvalue weighted by Gasteiger charge is -1.98. The summed E-state index contributed by atoms with van der Waals surface area (Å²) in [7, 11) is 0. The van der Waals surface area contributed by atoms with Gasteiger partial charge in [0.1, 0.15) is 0 Å². The summed E-state index contributed by atoms with van der Waals surface area (Å²) in [5, 5.41) is 8.79. The molecule has 0 aromatic carbocycles. The van der Waals surface area contributed by atoms with E-state index in [-0.39, 0.29) is 17.4 Å². The van der Waals surface area contributed by atoms with Gasteiger partial charge < -0.3 is 5.11 Å². The maximum atomic E-state index is 8.55. The lowest BCUT2D eigenvalue weighted by Crippen LogP contribution is -2.02. The van der Waals surface area contributed by atoms with Gasteiger partial charge in [0.25, 0.3) is 0 Å². The van der Waals surface area contributed by atoms with E-state index in [4.69, 9.17) is 16.7 Å². The first-order valence-corrected chi connectivity index (χ1v) is 2.87. The molecule has 0 radical (unpaired) electrons. The molecule has 0 aromatic rings. The number of alkyl halides is 1. The number of hydrogen-bond acceptors (Lipinski definition) is 1. The summed E-state index contributed by atoms with van der Waals surface area (Å²) in [6.45, 7) is 2.23. The van der Waals surface area contributed by atoms with Crippen LogP contribution in [0, 0.1) is 5.41 Å². The molecule has 0 aliphatic heterocycles. The molecule has 1 N–H and O–H groups in total. The Kier molecular flexibility index (Phi) is 1.05. The summed E-state index contributed by atoms with van der Waals surface area (Å²) >= 11 is 5.63. The van der Waals surface area contributed by atoms with E-state index >= 15 is 0 Å². The molecule has 0 amide bonds. The van der Waals surface area contributed by atoms with Crippen molar-refractivity contribution in [1.82, 2.24) is 0 Å². The van der Waals surface area contributed by atoms with Gasteiger partial charge in [-0.25, -0.2) is 0 Å². The Balaban J connectivity index is 2.36. The van der Waals surface area contributed by atoms with Crippen molar-refractivity contribution in [2.45, 2.75) is 18.7 Å². The van der Waals surface area contributed by atoms with Crippen molar-refractivity contribution in [2.24, 2.45) is 5.41 Å². The Morgan fingerprint density at radius 2 is 2.43 bits per heavy atom. The van der Waals surface area contributed by atoms with Crippen LogP contribution in [0.1, 0.15) is 13.3 Å². The molecule has 0 saturated heterocycles. The summed E-state index contributed by atoms with van der Waals surface area (Å²) in [5.41, 5.74) is 0.0710. The van der Waals surface area contributed by atoms with E-state index in [1.165, 1.54) is 0 Å². The van der Waals surface area contributed by atoms with E-state index in [0.29, 0.717) is 0 Å². The van der Waals surface area contributed by atoms with Gasteiger partial charge in [0.05, 0.1) is 0 Å². The topological polar surface area (TPSA) is 20.2 Å². The Labute approximate surface area is 48.3 Å². The maximum absolute atomic E-state index is 8.55. The first-order chi connectivity index (χ1) is 3.19. The molecule has 2 heteroatoms. The fourth-order valence-corrected chi connectivity index (χ4v) is 0.936. The molecule has 1 fully saturated rings. The zero-order valence-corrected chi connectivity index (χ0v) is 5.07. The van der Waals surface area contributed by atoms with Crippen LogP contribution >= 0.6 is 11.6 Å². The SMILES string of the molecule is C[C@]1(CO)C[C@@H]1Cl. The van der Waals surface area contributed by atoms with Gasteiger partial charge in [0, 0.05) is 17.4 Å². The van der Waals surface area contributed by atoms with E-state index in [2.05, 4.69) is 0 Å². The van der Waals surface area contributed by atoms with E-state index < -0.39 is 0 Å². The lowest BCUT2D eigenvalue weighted by molar-refractivity contribution is 0.225. The van der Waals surface area contributed by atoms with Crippen molar-refractivity contribution in [3.8, 4) is 0 Å². The maximum Gasteiger partial charge on any atom is 0.0499 e. The van der Waals surface area contributed by atoms with Gasteiger partial charge in [0.15, 0.2) is 0 Å². The van der Waals surface area contributed by atoms with Crippen molar-refractivity contribution >= 4 is 11.6 Å². The average Bonchev–Trinajstić information content (AvgIpc) is 2.18. The molecule has 1 rings (SSSR count). The molecular formula is C5H9ClO. The molecule has 0 spiro atoms. The highest BCUT2D eigenvalue weighted by molar-refractivity contribution is 6.23. The van der Waals surface area contributed by atoms with E-state index in [1.54, 1.807) is 0 Å². The van der Waals surface area contributed by atoms with Crippen LogP contribution in [0.5, 0.6) is 0 Å². The Hall–Kier alpha value is 0.250. The van der Waals surface area contributed by atoms with Gasteiger partial charge in [-0.05, 0) is 6.42 Å². The zero-order valence-electron chi connectivity index (χ0n) is 4.32. The smallest absolute Gasteiger partial charge is 0.0499 e. The van der Waals surface area contributed by atoms with Gasteiger partial charge in [-0.1, -0.05) is 6.92 Å². The van der Waals surface area contributed by atoms with Crippen molar-refractivity contribution in [2.75, 3.05) is 6.61 Å². The molecule has 1 aliphatic carbocycles. The summed E-state index contributed by atoms with van der Waals surface area (Å²) in [5.74, 6) is 0. The summed E-state index contributed by atoms with van der Waals surface area (Å²) < 4.78 is 0. The Morgan fingerprint density at radius 1 is 2.00 bits per heavy atom. The highest BCUT2D eigenvalue weighted by atomic mass is 35.5. The van der Waals surface area contributed by atoms with Crippen LogP contribution in [0.2, 0.25) is 0 Å². The van der Waals surface area contributed by atoms with Crippen molar-refractivity contribution < 1.29 is 5.11 Å². The molecule has 1 nitrogen and oxygen atoms in total. The third-order valence-electron chi connectivity index (χ3n) is 1.60. The van der Waals surface area contributed by atoms with Crippen LogP contribution in [-0.4, -0.2) is 17.1 Å². The monoisotopic (exact) mass is 120 g/mol. The minimum Gasteiger partial charge on any atom is -0.396 e. The van der Waals surface area contributed by atoms with Gasteiger partial charge >= 0.3 is 0 Å². The van der Waals surface area contributed by atoms with Crippen LogP contribution in [0.3, 0.4) is 0 Å². The van der Waals surface area contributed by atoms with Crippen LogP contribution in [0.25, 0.3) is 0 Å². The summed E-state index contributed by atoms with van der Waals surface area (Å²) in [6.07, 6.45) is 0.977. The van der Waals surface area contributed by atoms with E-state index in [1.807, 2.05) is 6.92 Å². The fourth-order valence-electron chi connectivity index (χ4n) is 0.514. The quantitative estimate of drug-likeness (QED) is 0.512. The largest absolute Gasteiger partial charge is 0.396 e. The minimum atomic E-state index is 0.0710. The minimum absolute atomic E-state index is 0.0710. The van der Waals surface area contributed by atoms with Gasteiger partial charge in [0.2, 0.25) is 0 Å². The summed E-state index contributed by atoms with van der Waals surface area (Å²) in [4.78, 5) is 0. The van der Waals surface area contributed by atoms with Crippen molar-refractivity contribution in [3.63, 3.8) is 0 Å². The predicted octanol–water partition coefficient (Wildman–Crippen LogP) is 0.996. The number of aliphatic hydroxyl groups excluding tert-OH is 1. The highest BCUT2D eigenvalue weighted by Crippen LogP contribution is 2.48. The molecule has 1 saturated carbocycles. The standard InChI is InChI=1S/C5H9ClO/c1-5(3-7)2-4(5)6/h4,7H,2-3H2,1H3/t4-,5+/m0/s1. The van der Waals surface area contributed by atoms with E-state index in [9.17, 15) is 0 Å². The first-order valence-electron chi connectivity index (χ1n) is 2.44. The van der Waals surface area contributed by atoms with Gasteiger partial charge in [-0.3, -0.25) is 0 Å². The summed E-state index contributed by atoms with van der Waals surface area (Å²) in [6, 6.07) is 0. The first kappa shape index (κ1) is 5.39. The van der Waals surface area contributed by atoms with Crippen LogP contribution < -0.4 is 0 Å². The number of aliphatic hydroxyl groups is 1. The molecule has 7 heavy (non-hydrogen) atoms. The average molecular weight is 121 g/mol. The molecule has 0 aromatic heterocycles. The molecule has 0 heterocycles. The number of hydrogen-bond donors (Lipinski definition) is 1. The number of rotatable bonds is 1. The molecule has 1 aliphatic rings. The highest BCUT2D eigenvalue weighted by Gasteiger charge is 2.48. The van der Waals surface area contributed by atoms with E-state index in [0.717, 1.165) is 6.42 Å². The van der Waals surface area contributed by atoms with Crippen molar-refractivity contribution in [1.29, 1.82) is 0 Å². The Bertz CT molecular complexity index is 80.1.